The van der Waals surface area contributed by atoms with Gasteiger partial charge in [-0.1, -0.05) is 0 Å². The molecule has 76 valence electrons. The first-order valence-corrected chi connectivity index (χ1v) is 4.71. The van der Waals surface area contributed by atoms with E-state index in [1.54, 1.807) is 0 Å². The number of carbonyl (C=O) groups is 2. The number of rotatable bonds is 1. The summed E-state index contributed by atoms with van der Waals surface area (Å²) in [5.74, 6) is -0.349. The van der Waals surface area contributed by atoms with E-state index in [0.717, 1.165) is 18.4 Å². The Balaban J connectivity index is 2.27. The minimum Gasteiger partial charge on any atom is -0.490 e. The minimum absolute atomic E-state index is 0.0601. The molecular weight excluding hydrogens is 184 g/mol. The molecule has 0 fully saturated rings. The zero-order valence-electron chi connectivity index (χ0n) is 8.04. The van der Waals surface area contributed by atoms with Crippen LogP contribution in [-0.2, 0) is 19.1 Å². The van der Waals surface area contributed by atoms with Crippen molar-refractivity contribution in [2.75, 3.05) is 13.7 Å². The fourth-order valence-electron chi connectivity index (χ4n) is 2.00. The standard InChI is InChI=1S/C10H12O4/c1-13-10(12)7-5-8(11)9-6(7)3-2-4-14-9/h7H,2-5H2,1H3. The average Bonchev–Trinajstić information content (AvgIpc) is 2.56. The Bertz CT molecular complexity index is 316. The number of carbonyl (C=O) groups excluding carboxylic acids is 2. The monoisotopic (exact) mass is 196 g/mol. The van der Waals surface area contributed by atoms with Gasteiger partial charge in [0.15, 0.2) is 11.5 Å². The molecule has 1 heterocycles. The number of hydrogen-bond acceptors (Lipinski definition) is 4. The minimum atomic E-state index is -0.386. The molecule has 4 heteroatoms. The lowest BCUT2D eigenvalue weighted by molar-refractivity contribution is -0.144. The van der Waals surface area contributed by atoms with Crippen molar-refractivity contribution >= 4 is 11.8 Å². The van der Waals surface area contributed by atoms with Gasteiger partial charge < -0.3 is 9.47 Å². The number of hydrogen-bond donors (Lipinski definition) is 0. The van der Waals surface area contributed by atoms with Gasteiger partial charge in [-0.05, 0) is 18.4 Å². The Hall–Kier alpha value is -1.32. The molecule has 1 aliphatic carbocycles. The van der Waals surface area contributed by atoms with Crippen LogP contribution >= 0.6 is 0 Å². The maximum absolute atomic E-state index is 11.4. The van der Waals surface area contributed by atoms with E-state index in [-0.39, 0.29) is 24.1 Å². The first kappa shape index (κ1) is 9.24. The van der Waals surface area contributed by atoms with Crippen LogP contribution in [0.15, 0.2) is 11.3 Å². The van der Waals surface area contributed by atoms with E-state index in [9.17, 15) is 9.59 Å². The van der Waals surface area contributed by atoms with Gasteiger partial charge in [0.1, 0.15) is 0 Å². The normalized spacial score (nSPS) is 25.8. The molecule has 1 atom stereocenters. The van der Waals surface area contributed by atoms with Crippen molar-refractivity contribution in [1.29, 1.82) is 0 Å². The van der Waals surface area contributed by atoms with Gasteiger partial charge in [-0.3, -0.25) is 9.59 Å². The van der Waals surface area contributed by atoms with E-state index in [1.807, 2.05) is 0 Å². The lowest BCUT2D eigenvalue weighted by Crippen LogP contribution is -2.17. The van der Waals surface area contributed by atoms with Crippen LogP contribution in [-0.4, -0.2) is 25.5 Å². The Labute approximate surface area is 81.9 Å². The van der Waals surface area contributed by atoms with E-state index in [1.165, 1.54) is 7.11 Å². The zero-order valence-corrected chi connectivity index (χ0v) is 8.04. The molecule has 14 heavy (non-hydrogen) atoms. The van der Waals surface area contributed by atoms with Gasteiger partial charge >= 0.3 is 5.97 Å². The van der Waals surface area contributed by atoms with Crippen LogP contribution in [0.4, 0.5) is 0 Å². The first-order valence-electron chi connectivity index (χ1n) is 4.71. The molecule has 0 aromatic rings. The molecule has 0 bridgehead atoms. The third-order valence-electron chi connectivity index (χ3n) is 2.68. The van der Waals surface area contributed by atoms with Gasteiger partial charge in [0.2, 0.25) is 0 Å². The SMILES string of the molecule is COC(=O)C1CC(=O)C2=C1CCCO2. The number of methoxy groups -OCH3 is 1. The second kappa shape index (κ2) is 3.44. The smallest absolute Gasteiger partial charge is 0.313 e. The van der Waals surface area contributed by atoms with Crippen molar-refractivity contribution in [1.82, 2.24) is 0 Å². The molecule has 0 aromatic carbocycles. The number of ether oxygens (including phenoxy) is 2. The van der Waals surface area contributed by atoms with Crippen molar-refractivity contribution in [3.05, 3.63) is 11.3 Å². The van der Waals surface area contributed by atoms with Crippen LogP contribution in [0.3, 0.4) is 0 Å². The fraction of sp³-hybridized carbons (Fsp3) is 0.600. The molecule has 0 aromatic heterocycles. The molecule has 0 radical (unpaired) electrons. The Morgan fingerprint density at radius 1 is 1.57 bits per heavy atom. The number of allylic oxidation sites excluding steroid dienone is 1. The Morgan fingerprint density at radius 2 is 2.36 bits per heavy atom. The van der Waals surface area contributed by atoms with Crippen molar-refractivity contribution in [3.63, 3.8) is 0 Å². The van der Waals surface area contributed by atoms with Gasteiger partial charge in [-0.25, -0.2) is 0 Å². The molecule has 4 nitrogen and oxygen atoms in total. The highest BCUT2D eigenvalue weighted by atomic mass is 16.5. The number of Topliss-reactive ketones (excluding diaryl/α,β-unsaturated/α-hetero) is 1. The highest BCUT2D eigenvalue weighted by Crippen LogP contribution is 2.36. The molecule has 2 aliphatic rings. The molecule has 0 amide bonds. The molecule has 0 saturated carbocycles. The van der Waals surface area contributed by atoms with Gasteiger partial charge in [-0.2, -0.15) is 0 Å². The second-order valence-corrected chi connectivity index (χ2v) is 3.51. The number of ketones is 1. The quantitative estimate of drug-likeness (QED) is 0.582. The van der Waals surface area contributed by atoms with Crippen LogP contribution in [0.1, 0.15) is 19.3 Å². The third kappa shape index (κ3) is 1.31. The first-order chi connectivity index (χ1) is 6.74. The summed E-state index contributed by atoms with van der Waals surface area (Å²) in [5, 5.41) is 0. The summed E-state index contributed by atoms with van der Waals surface area (Å²) in [6, 6.07) is 0. The zero-order chi connectivity index (χ0) is 10.1. The van der Waals surface area contributed by atoms with Crippen molar-refractivity contribution in [2.24, 2.45) is 5.92 Å². The number of esters is 1. The summed E-state index contributed by atoms with van der Waals surface area (Å²) < 4.78 is 9.91. The van der Waals surface area contributed by atoms with E-state index >= 15 is 0 Å². The highest BCUT2D eigenvalue weighted by molar-refractivity contribution is 6.01. The van der Waals surface area contributed by atoms with Crippen molar-refractivity contribution < 1.29 is 19.1 Å². The van der Waals surface area contributed by atoms with Gasteiger partial charge in [0.05, 0.1) is 19.6 Å². The summed E-state index contributed by atoms with van der Waals surface area (Å²) >= 11 is 0. The predicted octanol–water partition coefficient (Wildman–Crippen LogP) is 0.813. The predicted molar refractivity (Wildman–Crippen MR) is 47.3 cm³/mol. The molecular formula is C10H12O4. The molecule has 2 rings (SSSR count). The van der Waals surface area contributed by atoms with Gasteiger partial charge in [-0.15, -0.1) is 0 Å². The van der Waals surface area contributed by atoms with E-state index in [2.05, 4.69) is 4.74 Å². The van der Waals surface area contributed by atoms with Crippen LogP contribution < -0.4 is 0 Å². The van der Waals surface area contributed by atoms with Crippen molar-refractivity contribution in [3.8, 4) is 0 Å². The maximum atomic E-state index is 11.4. The fourth-order valence-corrected chi connectivity index (χ4v) is 2.00. The lowest BCUT2D eigenvalue weighted by Gasteiger charge is -2.17. The summed E-state index contributed by atoms with van der Waals surface area (Å²) in [5.41, 5.74) is 0.841. The second-order valence-electron chi connectivity index (χ2n) is 3.51. The lowest BCUT2D eigenvalue weighted by atomic mass is 9.97. The van der Waals surface area contributed by atoms with Crippen LogP contribution in [0, 0.1) is 5.92 Å². The van der Waals surface area contributed by atoms with Crippen molar-refractivity contribution in [2.45, 2.75) is 19.3 Å². The maximum Gasteiger partial charge on any atom is 0.313 e. The van der Waals surface area contributed by atoms with E-state index < -0.39 is 0 Å². The molecule has 1 aliphatic heterocycles. The largest absolute Gasteiger partial charge is 0.490 e. The summed E-state index contributed by atoms with van der Waals surface area (Å²) in [7, 11) is 1.34. The Kier molecular flexibility index (Phi) is 2.27. The molecule has 1 unspecified atom stereocenters. The average molecular weight is 196 g/mol. The van der Waals surface area contributed by atoms with Crippen LogP contribution in [0.25, 0.3) is 0 Å². The van der Waals surface area contributed by atoms with Gasteiger partial charge in [0.25, 0.3) is 0 Å². The molecule has 0 N–H and O–H groups in total. The molecule has 0 spiro atoms. The Morgan fingerprint density at radius 3 is 3.07 bits per heavy atom. The summed E-state index contributed by atoms with van der Waals surface area (Å²) in [6.45, 7) is 0.582. The summed E-state index contributed by atoms with van der Waals surface area (Å²) in [6.07, 6.45) is 1.87. The molecule has 0 saturated heterocycles. The third-order valence-corrected chi connectivity index (χ3v) is 2.68. The highest BCUT2D eigenvalue weighted by Gasteiger charge is 2.39. The van der Waals surface area contributed by atoms with Gasteiger partial charge in [0, 0.05) is 6.42 Å². The van der Waals surface area contributed by atoms with E-state index in [0.29, 0.717) is 12.4 Å². The van der Waals surface area contributed by atoms with E-state index in [4.69, 9.17) is 4.74 Å². The topological polar surface area (TPSA) is 52.6 Å². The van der Waals surface area contributed by atoms with Crippen LogP contribution in [0.5, 0.6) is 0 Å². The van der Waals surface area contributed by atoms with Crippen LogP contribution in [0.2, 0.25) is 0 Å². The summed E-state index contributed by atoms with van der Waals surface area (Å²) in [4.78, 5) is 22.8.